The van der Waals surface area contributed by atoms with Crippen LogP contribution >= 0.6 is 22.9 Å². The molecule has 0 bridgehead atoms. The van der Waals surface area contributed by atoms with Gasteiger partial charge in [-0.2, -0.15) is 0 Å². The number of hydrogen-bond donors (Lipinski definition) is 0. The second kappa shape index (κ2) is 5.32. The highest BCUT2D eigenvalue weighted by molar-refractivity contribution is 7.09. The van der Waals surface area contributed by atoms with Crippen LogP contribution in [-0.2, 0) is 6.42 Å². The highest BCUT2D eigenvalue weighted by atomic mass is 35.5. The van der Waals surface area contributed by atoms with Gasteiger partial charge in [0.05, 0.1) is 5.02 Å². The van der Waals surface area contributed by atoms with Gasteiger partial charge in [0, 0.05) is 24.7 Å². The van der Waals surface area contributed by atoms with Crippen LogP contribution in [0, 0.1) is 0 Å². The number of rotatable bonds is 4. The first-order chi connectivity index (χ1) is 7.75. The van der Waals surface area contributed by atoms with Crippen LogP contribution < -0.4 is 4.90 Å². The molecule has 0 aliphatic carbocycles. The quantitative estimate of drug-likeness (QED) is 0.828. The summed E-state index contributed by atoms with van der Waals surface area (Å²) in [5.74, 6) is 0.959. The fourth-order valence-corrected chi connectivity index (χ4v) is 2.25. The monoisotopic (exact) mass is 252 g/mol. The Hall–Kier alpha value is -1.06. The molecule has 0 unspecified atom stereocenters. The summed E-state index contributed by atoms with van der Waals surface area (Å²) in [5, 5.41) is 2.78. The van der Waals surface area contributed by atoms with E-state index in [0.717, 1.165) is 18.8 Å². The summed E-state index contributed by atoms with van der Waals surface area (Å²) in [6, 6.07) is 8.05. The summed E-state index contributed by atoms with van der Waals surface area (Å²) in [6.07, 6.45) is 2.73. The first-order valence-corrected chi connectivity index (χ1v) is 6.36. The summed E-state index contributed by atoms with van der Waals surface area (Å²) < 4.78 is 0. The number of thiophene rings is 1. The second-order valence-electron chi connectivity index (χ2n) is 3.59. The van der Waals surface area contributed by atoms with Crippen molar-refractivity contribution in [2.45, 2.75) is 6.42 Å². The molecule has 0 saturated carbocycles. The maximum atomic E-state index is 5.80. The molecule has 0 spiro atoms. The third-order valence-corrected chi connectivity index (χ3v) is 3.54. The van der Waals surface area contributed by atoms with Crippen LogP contribution in [-0.4, -0.2) is 18.6 Å². The molecule has 2 aromatic rings. The number of halogens is 1. The maximum absolute atomic E-state index is 5.80. The minimum Gasteiger partial charge on any atom is -0.359 e. The predicted octanol–water partition coefficient (Wildman–Crippen LogP) is 3.48. The van der Waals surface area contributed by atoms with Gasteiger partial charge >= 0.3 is 0 Å². The molecule has 0 saturated heterocycles. The molecule has 0 N–H and O–H groups in total. The molecular formula is C12H13ClN2S. The summed E-state index contributed by atoms with van der Waals surface area (Å²) >= 11 is 7.59. The van der Waals surface area contributed by atoms with Crippen molar-refractivity contribution in [1.29, 1.82) is 0 Å². The molecule has 16 heavy (non-hydrogen) atoms. The van der Waals surface area contributed by atoms with Gasteiger partial charge in [-0.25, -0.2) is 4.98 Å². The molecule has 2 rings (SSSR count). The predicted molar refractivity (Wildman–Crippen MR) is 70.5 cm³/mol. The summed E-state index contributed by atoms with van der Waals surface area (Å²) in [7, 11) is 2.05. The Kier molecular flexibility index (Phi) is 3.80. The second-order valence-corrected chi connectivity index (χ2v) is 5.05. The van der Waals surface area contributed by atoms with Crippen LogP contribution in [0.3, 0.4) is 0 Å². The molecule has 0 aromatic carbocycles. The first kappa shape index (κ1) is 11.4. The molecule has 0 aliphatic rings. The Morgan fingerprint density at radius 2 is 2.25 bits per heavy atom. The molecule has 0 fully saturated rings. The van der Waals surface area contributed by atoms with E-state index < -0.39 is 0 Å². The van der Waals surface area contributed by atoms with Gasteiger partial charge in [-0.15, -0.1) is 11.3 Å². The van der Waals surface area contributed by atoms with Gasteiger partial charge in [0.15, 0.2) is 0 Å². The van der Waals surface area contributed by atoms with Crippen molar-refractivity contribution in [1.82, 2.24) is 4.98 Å². The van der Waals surface area contributed by atoms with Crippen LogP contribution in [0.2, 0.25) is 5.02 Å². The van der Waals surface area contributed by atoms with Crippen molar-refractivity contribution < 1.29 is 0 Å². The van der Waals surface area contributed by atoms with E-state index in [9.17, 15) is 0 Å². The molecule has 0 radical (unpaired) electrons. The van der Waals surface area contributed by atoms with Crippen molar-refractivity contribution in [3.8, 4) is 0 Å². The Morgan fingerprint density at radius 1 is 1.38 bits per heavy atom. The van der Waals surface area contributed by atoms with E-state index >= 15 is 0 Å². The van der Waals surface area contributed by atoms with Crippen molar-refractivity contribution >= 4 is 28.8 Å². The van der Waals surface area contributed by atoms with Crippen LogP contribution in [0.4, 0.5) is 5.82 Å². The molecule has 0 atom stereocenters. The highest BCUT2D eigenvalue weighted by Gasteiger charge is 2.02. The van der Waals surface area contributed by atoms with E-state index in [4.69, 9.17) is 11.6 Å². The maximum Gasteiger partial charge on any atom is 0.128 e. The molecule has 0 amide bonds. The topological polar surface area (TPSA) is 16.1 Å². The Labute approximate surface area is 105 Å². The van der Waals surface area contributed by atoms with Crippen molar-refractivity contribution in [2.24, 2.45) is 0 Å². The fourth-order valence-electron chi connectivity index (χ4n) is 1.44. The van der Waals surface area contributed by atoms with E-state index in [1.807, 2.05) is 19.2 Å². The van der Waals surface area contributed by atoms with Gasteiger partial charge in [0.1, 0.15) is 5.82 Å². The number of nitrogens with zero attached hydrogens (tertiary/aromatic N) is 2. The van der Waals surface area contributed by atoms with Crippen molar-refractivity contribution in [2.75, 3.05) is 18.5 Å². The van der Waals surface area contributed by atoms with Gasteiger partial charge in [-0.1, -0.05) is 17.7 Å². The van der Waals surface area contributed by atoms with Gasteiger partial charge in [-0.05, 0) is 30.0 Å². The lowest BCUT2D eigenvalue weighted by Crippen LogP contribution is -2.20. The Bertz CT molecular complexity index is 425. The molecule has 2 aromatic heterocycles. The van der Waals surface area contributed by atoms with E-state index in [-0.39, 0.29) is 0 Å². The smallest absolute Gasteiger partial charge is 0.128 e. The average Bonchev–Trinajstić information content (AvgIpc) is 2.80. The molecular weight excluding hydrogens is 240 g/mol. The fraction of sp³-hybridized carbons (Fsp3) is 0.250. The molecule has 2 heterocycles. The number of pyridine rings is 1. The summed E-state index contributed by atoms with van der Waals surface area (Å²) in [6.45, 7) is 0.967. The Morgan fingerprint density at radius 3 is 2.88 bits per heavy atom. The zero-order chi connectivity index (χ0) is 11.4. The number of hydrogen-bond acceptors (Lipinski definition) is 3. The average molecular weight is 253 g/mol. The summed E-state index contributed by atoms with van der Waals surface area (Å²) in [4.78, 5) is 7.81. The number of anilines is 1. The lowest BCUT2D eigenvalue weighted by Gasteiger charge is -2.17. The first-order valence-electron chi connectivity index (χ1n) is 5.11. The summed E-state index contributed by atoms with van der Waals surface area (Å²) in [5.41, 5.74) is 0. The lowest BCUT2D eigenvalue weighted by atomic mass is 10.3. The molecule has 4 heteroatoms. The van der Waals surface area contributed by atoms with Crippen LogP contribution in [0.25, 0.3) is 0 Å². The van der Waals surface area contributed by atoms with Gasteiger partial charge in [0.25, 0.3) is 0 Å². The minimum absolute atomic E-state index is 0.676. The molecule has 0 aliphatic heterocycles. The highest BCUT2D eigenvalue weighted by Crippen LogP contribution is 2.14. The number of aromatic nitrogens is 1. The van der Waals surface area contributed by atoms with Gasteiger partial charge in [0.2, 0.25) is 0 Å². The van der Waals surface area contributed by atoms with Crippen LogP contribution in [0.1, 0.15) is 4.88 Å². The third kappa shape index (κ3) is 2.97. The van der Waals surface area contributed by atoms with Crippen molar-refractivity contribution in [3.63, 3.8) is 0 Å². The van der Waals surface area contributed by atoms with E-state index in [1.165, 1.54) is 4.88 Å². The molecule has 2 nitrogen and oxygen atoms in total. The van der Waals surface area contributed by atoms with Gasteiger partial charge in [-0.3, -0.25) is 0 Å². The zero-order valence-electron chi connectivity index (χ0n) is 9.06. The van der Waals surface area contributed by atoms with Crippen LogP contribution in [0.15, 0.2) is 35.8 Å². The standard InChI is InChI=1S/C12H13ClN2S/c1-15(7-6-11-3-2-8-16-11)12-5-4-10(13)9-14-12/h2-5,8-9H,6-7H2,1H3. The number of likely N-dealkylation sites (N-methyl/N-ethyl adjacent to an activating group) is 1. The normalized spacial score (nSPS) is 10.4. The van der Waals surface area contributed by atoms with E-state index in [2.05, 4.69) is 27.4 Å². The molecule has 84 valence electrons. The lowest BCUT2D eigenvalue weighted by molar-refractivity contribution is 0.869. The van der Waals surface area contributed by atoms with E-state index in [0.29, 0.717) is 5.02 Å². The zero-order valence-corrected chi connectivity index (χ0v) is 10.6. The minimum atomic E-state index is 0.676. The van der Waals surface area contributed by atoms with E-state index in [1.54, 1.807) is 17.5 Å². The van der Waals surface area contributed by atoms with Gasteiger partial charge < -0.3 is 4.90 Å². The third-order valence-electron chi connectivity index (χ3n) is 2.38. The SMILES string of the molecule is CN(CCc1cccs1)c1ccc(Cl)cn1. The van der Waals surface area contributed by atoms with Crippen LogP contribution in [0.5, 0.6) is 0 Å². The Balaban J connectivity index is 1.93. The largest absolute Gasteiger partial charge is 0.359 e. The van der Waals surface area contributed by atoms with Crippen molar-refractivity contribution in [3.05, 3.63) is 45.7 Å².